The van der Waals surface area contributed by atoms with Crippen molar-refractivity contribution in [1.29, 1.82) is 0 Å². The van der Waals surface area contributed by atoms with Crippen LogP contribution in [0, 0.1) is 0 Å². The molecule has 0 aliphatic carbocycles. The Morgan fingerprint density at radius 2 is 2.08 bits per heavy atom. The van der Waals surface area contributed by atoms with Crippen LogP contribution in [0.1, 0.15) is 19.8 Å². The normalized spacial score (nSPS) is 11.4. The zero-order valence-corrected chi connectivity index (χ0v) is 7.92. The van der Waals surface area contributed by atoms with Crippen LogP contribution in [0.15, 0.2) is 11.6 Å². The molecular weight excluding hydrogens is 156 g/mol. The minimum atomic E-state index is -0.301. The van der Waals surface area contributed by atoms with Gasteiger partial charge < -0.3 is 9.47 Å². The van der Waals surface area contributed by atoms with Gasteiger partial charge in [0.2, 0.25) is 0 Å². The van der Waals surface area contributed by atoms with Gasteiger partial charge in [0.25, 0.3) is 0 Å². The van der Waals surface area contributed by atoms with Gasteiger partial charge in [0.1, 0.15) is 0 Å². The van der Waals surface area contributed by atoms with E-state index in [0.29, 0.717) is 12.2 Å². The molecule has 0 atom stereocenters. The smallest absolute Gasteiger partial charge is 0.335 e. The Morgan fingerprint density at radius 1 is 1.42 bits per heavy atom. The van der Waals surface area contributed by atoms with Gasteiger partial charge in [-0.1, -0.05) is 19.4 Å². The molecule has 0 N–H and O–H groups in total. The predicted molar refractivity (Wildman–Crippen MR) is 46.9 cm³/mol. The lowest BCUT2D eigenvalue weighted by Gasteiger charge is -2.03. The van der Waals surface area contributed by atoms with Crippen LogP contribution >= 0.6 is 0 Å². The monoisotopic (exact) mass is 172 g/mol. The minimum Gasteiger partial charge on any atom is -0.466 e. The summed E-state index contributed by atoms with van der Waals surface area (Å²) in [6, 6.07) is 0. The van der Waals surface area contributed by atoms with E-state index in [9.17, 15) is 4.79 Å². The molecule has 70 valence electrons. The summed E-state index contributed by atoms with van der Waals surface area (Å²) in [6.07, 6.45) is 3.76. The molecule has 0 bridgehead atoms. The fourth-order valence-electron chi connectivity index (χ4n) is 0.806. The highest BCUT2D eigenvalue weighted by Crippen LogP contribution is 2.01. The van der Waals surface area contributed by atoms with E-state index < -0.39 is 0 Å². The van der Waals surface area contributed by atoms with Crippen molar-refractivity contribution in [3.63, 3.8) is 0 Å². The summed E-state index contributed by atoms with van der Waals surface area (Å²) in [5.74, 6) is -0.301. The molecule has 3 heteroatoms. The lowest BCUT2D eigenvalue weighted by Crippen LogP contribution is -2.09. The van der Waals surface area contributed by atoms with Crippen molar-refractivity contribution in [2.24, 2.45) is 0 Å². The first-order valence-corrected chi connectivity index (χ1v) is 4.02. The maximum Gasteiger partial charge on any atom is 0.335 e. The topological polar surface area (TPSA) is 35.5 Å². The van der Waals surface area contributed by atoms with Gasteiger partial charge in [-0.15, -0.1) is 0 Å². The molecule has 0 amide bonds. The third kappa shape index (κ3) is 4.13. The van der Waals surface area contributed by atoms with E-state index >= 15 is 0 Å². The standard InChI is InChI=1S/C9H16O3/c1-4-5-6-8(7-11-2)9(10)12-3/h6H,4-5,7H2,1-3H3. The van der Waals surface area contributed by atoms with Crippen molar-refractivity contribution < 1.29 is 14.3 Å². The van der Waals surface area contributed by atoms with Crippen LogP contribution < -0.4 is 0 Å². The molecule has 0 saturated carbocycles. The highest BCUT2D eigenvalue weighted by atomic mass is 16.5. The molecule has 12 heavy (non-hydrogen) atoms. The van der Waals surface area contributed by atoms with E-state index in [2.05, 4.69) is 11.7 Å². The van der Waals surface area contributed by atoms with Crippen LogP contribution in [-0.2, 0) is 14.3 Å². The molecule has 0 aliphatic heterocycles. The summed E-state index contributed by atoms with van der Waals surface area (Å²) in [6.45, 7) is 2.38. The first-order chi connectivity index (χ1) is 5.76. The highest BCUT2D eigenvalue weighted by molar-refractivity contribution is 5.88. The summed E-state index contributed by atoms with van der Waals surface area (Å²) in [7, 11) is 2.93. The summed E-state index contributed by atoms with van der Waals surface area (Å²) in [5, 5.41) is 0. The third-order valence-corrected chi connectivity index (χ3v) is 1.43. The second-order valence-electron chi connectivity index (χ2n) is 2.44. The largest absolute Gasteiger partial charge is 0.466 e. The fourth-order valence-corrected chi connectivity index (χ4v) is 0.806. The third-order valence-electron chi connectivity index (χ3n) is 1.43. The number of rotatable bonds is 5. The van der Waals surface area contributed by atoms with Crippen molar-refractivity contribution in [3.8, 4) is 0 Å². The van der Waals surface area contributed by atoms with E-state index in [4.69, 9.17) is 4.74 Å². The van der Waals surface area contributed by atoms with Crippen molar-refractivity contribution >= 4 is 5.97 Å². The molecule has 0 radical (unpaired) electrons. The van der Waals surface area contributed by atoms with Crippen LogP contribution in [0.4, 0.5) is 0 Å². The number of ether oxygens (including phenoxy) is 2. The van der Waals surface area contributed by atoms with Gasteiger partial charge in [0, 0.05) is 7.11 Å². The van der Waals surface area contributed by atoms with Crippen LogP contribution in [-0.4, -0.2) is 26.8 Å². The fraction of sp³-hybridized carbons (Fsp3) is 0.667. The average molecular weight is 172 g/mol. The van der Waals surface area contributed by atoms with E-state index in [1.807, 2.05) is 6.08 Å². The van der Waals surface area contributed by atoms with Gasteiger partial charge in [-0.25, -0.2) is 4.79 Å². The zero-order valence-electron chi connectivity index (χ0n) is 7.92. The second kappa shape index (κ2) is 6.85. The molecule has 0 rings (SSSR count). The lowest BCUT2D eigenvalue weighted by atomic mass is 10.2. The van der Waals surface area contributed by atoms with Crippen molar-refractivity contribution in [3.05, 3.63) is 11.6 Å². The van der Waals surface area contributed by atoms with Gasteiger partial charge in [-0.2, -0.15) is 0 Å². The first-order valence-electron chi connectivity index (χ1n) is 4.02. The summed E-state index contributed by atoms with van der Waals surface area (Å²) in [5.41, 5.74) is 0.599. The van der Waals surface area contributed by atoms with Gasteiger partial charge >= 0.3 is 5.97 Å². The summed E-state index contributed by atoms with van der Waals surface area (Å²) in [4.78, 5) is 11.0. The van der Waals surface area contributed by atoms with Crippen molar-refractivity contribution in [2.75, 3.05) is 20.8 Å². The van der Waals surface area contributed by atoms with E-state index in [1.165, 1.54) is 7.11 Å². The molecule has 0 heterocycles. The maximum absolute atomic E-state index is 11.0. The molecule has 0 aliphatic rings. The Labute approximate surface area is 73.4 Å². The van der Waals surface area contributed by atoms with Gasteiger partial charge in [-0.3, -0.25) is 0 Å². The highest BCUT2D eigenvalue weighted by Gasteiger charge is 2.07. The first kappa shape index (κ1) is 11.2. The number of methoxy groups -OCH3 is 2. The Bertz CT molecular complexity index is 161. The Kier molecular flexibility index (Phi) is 6.38. The lowest BCUT2D eigenvalue weighted by molar-refractivity contribution is -0.136. The number of hydrogen-bond donors (Lipinski definition) is 0. The molecule has 0 aromatic carbocycles. The molecule has 0 aromatic rings. The zero-order chi connectivity index (χ0) is 9.40. The molecule has 0 fully saturated rings. The Hall–Kier alpha value is -0.830. The van der Waals surface area contributed by atoms with E-state index in [0.717, 1.165) is 12.8 Å². The SMILES string of the molecule is CCCC=C(COC)C(=O)OC. The van der Waals surface area contributed by atoms with Crippen molar-refractivity contribution in [1.82, 2.24) is 0 Å². The molecular formula is C9H16O3. The quantitative estimate of drug-likeness (QED) is 0.466. The number of carbonyl (C=O) groups is 1. The Balaban J connectivity index is 4.11. The second-order valence-corrected chi connectivity index (χ2v) is 2.44. The minimum absolute atomic E-state index is 0.301. The molecule has 3 nitrogen and oxygen atoms in total. The number of allylic oxidation sites excluding steroid dienone is 1. The van der Waals surface area contributed by atoms with E-state index in [1.54, 1.807) is 7.11 Å². The predicted octanol–water partition coefficient (Wildman–Crippen LogP) is 1.53. The maximum atomic E-state index is 11.0. The van der Waals surface area contributed by atoms with E-state index in [-0.39, 0.29) is 5.97 Å². The Morgan fingerprint density at radius 3 is 2.50 bits per heavy atom. The number of unbranched alkanes of at least 4 members (excludes halogenated alkanes) is 1. The van der Waals surface area contributed by atoms with Crippen LogP contribution in [0.25, 0.3) is 0 Å². The molecule has 0 unspecified atom stereocenters. The molecule has 0 saturated heterocycles. The summed E-state index contributed by atoms with van der Waals surface area (Å²) >= 11 is 0. The molecule has 0 aromatic heterocycles. The average Bonchev–Trinajstić information content (AvgIpc) is 2.11. The summed E-state index contributed by atoms with van der Waals surface area (Å²) < 4.78 is 9.43. The van der Waals surface area contributed by atoms with Gasteiger partial charge in [0.15, 0.2) is 0 Å². The van der Waals surface area contributed by atoms with Crippen LogP contribution in [0.3, 0.4) is 0 Å². The number of hydrogen-bond acceptors (Lipinski definition) is 3. The van der Waals surface area contributed by atoms with Crippen molar-refractivity contribution in [2.45, 2.75) is 19.8 Å². The number of carbonyl (C=O) groups excluding carboxylic acids is 1. The van der Waals surface area contributed by atoms with Crippen LogP contribution in [0.2, 0.25) is 0 Å². The van der Waals surface area contributed by atoms with Crippen LogP contribution in [0.5, 0.6) is 0 Å². The van der Waals surface area contributed by atoms with Gasteiger partial charge in [-0.05, 0) is 6.42 Å². The molecule has 0 spiro atoms. The van der Waals surface area contributed by atoms with Gasteiger partial charge in [0.05, 0.1) is 19.3 Å². The number of esters is 1.